The zero-order valence-electron chi connectivity index (χ0n) is 11.4. The molecule has 1 aliphatic heterocycles. The van der Waals surface area contributed by atoms with Gasteiger partial charge in [0.1, 0.15) is 11.9 Å². The third-order valence-corrected chi connectivity index (χ3v) is 4.35. The van der Waals surface area contributed by atoms with E-state index in [1.807, 2.05) is 19.2 Å². The van der Waals surface area contributed by atoms with Crippen LogP contribution in [-0.4, -0.2) is 19.7 Å². The number of benzene rings is 2. The van der Waals surface area contributed by atoms with Crippen LogP contribution in [0.25, 0.3) is 11.1 Å². The molecule has 5 heteroatoms. The number of fused-ring (bicyclic) bond motifs is 1. The second-order valence-corrected chi connectivity index (χ2v) is 6.29. The summed E-state index contributed by atoms with van der Waals surface area (Å²) in [6.07, 6.45) is 1.02. The summed E-state index contributed by atoms with van der Waals surface area (Å²) in [6.45, 7) is 0.802. The summed E-state index contributed by atoms with van der Waals surface area (Å²) in [4.78, 5) is 0. The normalized spacial score (nSPS) is 16.7. The summed E-state index contributed by atoms with van der Waals surface area (Å²) in [7, 11) is 1.92. The van der Waals surface area contributed by atoms with E-state index >= 15 is 0 Å². The summed E-state index contributed by atoms with van der Waals surface area (Å²) in [6, 6.07) is 9.45. The lowest BCUT2D eigenvalue weighted by atomic mass is 10.0. The van der Waals surface area contributed by atoms with Crippen molar-refractivity contribution in [2.75, 3.05) is 13.6 Å². The predicted octanol–water partition coefficient (Wildman–Crippen LogP) is 4.84. The van der Waals surface area contributed by atoms with E-state index in [4.69, 9.17) is 39.5 Å². The first-order valence-corrected chi connectivity index (χ1v) is 7.81. The van der Waals surface area contributed by atoms with Crippen molar-refractivity contribution >= 4 is 34.8 Å². The Hall–Kier alpha value is -0.930. The van der Waals surface area contributed by atoms with Gasteiger partial charge in [-0.2, -0.15) is 0 Å². The number of hydrogen-bond acceptors (Lipinski definition) is 2. The molecular weight excluding hydrogens is 329 g/mol. The molecule has 2 aromatic rings. The highest BCUT2D eigenvalue weighted by atomic mass is 35.5. The highest BCUT2D eigenvalue weighted by Gasteiger charge is 2.26. The van der Waals surface area contributed by atoms with Crippen molar-refractivity contribution in [2.45, 2.75) is 12.5 Å². The molecule has 3 rings (SSSR count). The Kier molecular flexibility index (Phi) is 4.32. The van der Waals surface area contributed by atoms with Crippen molar-refractivity contribution in [2.24, 2.45) is 0 Å². The van der Waals surface area contributed by atoms with Gasteiger partial charge in [-0.25, -0.2) is 0 Å². The van der Waals surface area contributed by atoms with Gasteiger partial charge in [-0.1, -0.05) is 53.0 Å². The number of para-hydroxylation sites is 1. The van der Waals surface area contributed by atoms with E-state index in [0.717, 1.165) is 29.8 Å². The molecule has 0 spiro atoms. The Balaban J connectivity index is 2.09. The smallest absolute Gasteiger partial charge is 0.131 e. The molecule has 0 saturated carbocycles. The second kappa shape index (κ2) is 6.05. The lowest BCUT2D eigenvalue weighted by Crippen LogP contribution is -2.27. The van der Waals surface area contributed by atoms with Gasteiger partial charge in [0.25, 0.3) is 0 Å². The average molecular weight is 343 g/mol. The minimum absolute atomic E-state index is 0.135. The zero-order chi connectivity index (χ0) is 15.0. The lowest BCUT2D eigenvalue weighted by Gasteiger charge is -2.14. The maximum Gasteiger partial charge on any atom is 0.131 e. The molecule has 2 aromatic carbocycles. The van der Waals surface area contributed by atoms with Crippen molar-refractivity contribution in [3.63, 3.8) is 0 Å². The van der Waals surface area contributed by atoms with Gasteiger partial charge in [-0.3, -0.25) is 0 Å². The van der Waals surface area contributed by atoms with Gasteiger partial charge in [-0.05, 0) is 24.7 Å². The van der Waals surface area contributed by atoms with E-state index in [0.29, 0.717) is 15.1 Å². The molecule has 0 aliphatic carbocycles. The van der Waals surface area contributed by atoms with Gasteiger partial charge in [0.15, 0.2) is 0 Å². The fourth-order valence-corrected chi connectivity index (χ4v) is 3.70. The fourth-order valence-electron chi connectivity index (χ4n) is 2.68. The fraction of sp³-hybridized carbons (Fsp3) is 0.250. The average Bonchev–Trinajstić information content (AvgIpc) is 2.81. The highest BCUT2D eigenvalue weighted by molar-refractivity contribution is 6.42. The van der Waals surface area contributed by atoms with Gasteiger partial charge in [0, 0.05) is 29.1 Å². The van der Waals surface area contributed by atoms with E-state index in [-0.39, 0.29) is 6.10 Å². The van der Waals surface area contributed by atoms with E-state index in [9.17, 15) is 0 Å². The molecule has 1 aliphatic rings. The first-order chi connectivity index (χ1) is 10.1. The number of likely N-dealkylation sites (N-methyl/N-ethyl adjacent to an activating group) is 1. The second-order valence-electron chi connectivity index (χ2n) is 5.04. The summed E-state index contributed by atoms with van der Waals surface area (Å²) < 4.78 is 6.06. The first kappa shape index (κ1) is 15.0. The van der Waals surface area contributed by atoms with Crippen molar-refractivity contribution in [3.05, 3.63) is 51.0 Å². The summed E-state index contributed by atoms with van der Waals surface area (Å²) in [5, 5.41) is 4.72. The number of ether oxygens (including phenoxy) is 1. The molecule has 21 heavy (non-hydrogen) atoms. The van der Waals surface area contributed by atoms with Crippen LogP contribution in [0.3, 0.4) is 0 Å². The predicted molar refractivity (Wildman–Crippen MR) is 89.0 cm³/mol. The maximum atomic E-state index is 6.33. The van der Waals surface area contributed by atoms with Gasteiger partial charge in [-0.15, -0.1) is 0 Å². The summed E-state index contributed by atoms with van der Waals surface area (Å²) in [5.74, 6) is 0.865. The molecule has 1 heterocycles. The van der Waals surface area contributed by atoms with Crippen LogP contribution in [0.1, 0.15) is 5.56 Å². The van der Waals surface area contributed by atoms with Crippen LogP contribution in [0, 0.1) is 0 Å². The molecule has 0 fully saturated rings. The molecule has 0 amide bonds. The molecule has 0 aromatic heterocycles. The van der Waals surface area contributed by atoms with Crippen molar-refractivity contribution in [1.29, 1.82) is 0 Å². The third-order valence-electron chi connectivity index (χ3n) is 3.54. The van der Waals surface area contributed by atoms with Crippen molar-refractivity contribution < 1.29 is 4.74 Å². The van der Waals surface area contributed by atoms with E-state index in [2.05, 4.69) is 11.4 Å². The summed E-state index contributed by atoms with van der Waals surface area (Å²) >= 11 is 18.6. The maximum absolute atomic E-state index is 6.33. The van der Waals surface area contributed by atoms with E-state index in [1.165, 1.54) is 5.56 Å². The molecule has 1 N–H and O–H groups in total. The van der Waals surface area contributed by atoms with Crippen molar-refractivity contribution in [1.82, 2.24) is 5.32 Å². The number of hydrogen-bond donors (Lipinski definition) is 1. The Morgan fingerprint density at radius 2 is 1.90 bits per heavy atom. The molecule has 2 nitrogen and oxygen atoms in total. The van der Waals surface area contributed by atoms with Gasteiger partial charge in [0.05, 0.1) is 10.0 Å². The summed E-state index contributed by atoms with van der Waals surface area (Å²) in [5.41, 5.74) is 2.86. The molecule has 0 bridgehead atoms. The van der Waals surface area contributed by atoms with E-state index < -0.39 is 0 Å². The molecule has 1 atom stereocenters. The van der Waals surface area contributed by atoms with Gasteiger partial charge in [0.2, 0.25) is 0 Å². The topological polar surface area (TPSA) is 21.3 Å². The van der Waals surface area contributed by atoms with Gasteiger partial charge < -0.3 is 10.1 Å². The Bertz CT molecular complexity index is 664. The number of nitrogens with one attached hydrogen (secondary N) is 1. The molecule has 0 radical (unpaired) electrons. The quantitative estimate of drug-likeness (QED) is 0.862. The van der Waals surface area contributed by atoms with Crippen LogP contribution in [0.5, 0.6) is 5.75 Å². The Morgan fingerprint density at radius 3 is 2.57 bits per heavy atom. The lowest BCUT2D eigenvalue weighted by molar-refractivity contribution is 0.232. The van der Waals surface area contributed by atoms with Crippen LogP contribution in [0.15, 0.2) is 30.3 Å². The Morgan fingerprint density at radius 1 is 1.19 bits per heavy atom. The first-order valence-electron chi connectivity index (χ1n) is 6.68. The van der Waals surface area contributed by atoms with Crippen LogP contribution >= 0.6 is 34.8 Å². The number of rotatable bonds is 3. The molecule has 1 unspecified atom stereocenters. The molecular formula is C16H14Cl3NO. The van der Waals surface area contributed by atoms with Crippen molar-refractivity contribution in [3.8, 4) is 16.9 Å². The zero-order valence-corrected chi connectivity index (χ0v) is 13.7. The third kappa shape index (κ3) is 2.86. The SMILES string of the molecule is CNCC1Cc2cccc(-c3c(Cl)cc(Cl)cc3Cl)c2O1. The monoisotopic (exact) mass is 341 g/mol. The minimum atomic E-state index is 0.135. The minimum Gasteiger partial charge on any atom is -0.488 e. The van der Waals surface area contributed by atoms with Gasteiger partial charge >= 0.3 is 0 Å². The van der Waals surface area contributed by atoms with Crippen LogP contribution in [0.4, 0.5) is 0 Å². The highest BCUT2D eigenvalue weighted by Crippen LogP contribution is 2.45. The van der Waals surface area contributed by atoms with Crippen LogP contribution in [-0.2, 0) is 6.42 Å². The largest absolute Gasteiger partial charge is 0.488 e. The standard InChI is InChI=1S/C16H14Cl3NO/c1-20-8-11-5-9-3-2-4-12(16(9)21-11)15-13(18)6-10(17)7-14(15)19/h2-4,6-7,11,20H,5,8H2,1H3. The molecule has 0 saturated heterocycles. The Labute approximate surface area is 139 Å². The number of halogens is 3. The van der Waals surface area contributed by atoms with Crippen LogP contribution in [0.2, 0.25) is 15.1 Å². The molecule has 110 valence electrons. The van der Waals surface area contributed by atoms with Crippen LogP contribution < -0.4 is 10.1 Å². The van der Waals surface area contributed by atoms with E-state index in [1.54, 1.807) is 12.1 Å².